The lowest BCUT2D eigenvalue weighted by Gasteiger charge is -2.36. The predicted octanol–water partition coefficient (Wildman–Crippen LogP) is 2.80. The van der Waals surface area contributed by atoms with Crippen molar-refractivity contribution < 1.29 is 9.59 Å². The van der Waals surface area contributed by atoms with Crippen LogP contribution in [0.4, 0.5) is 5.69 Å². The fourth-order valence-corrected chi connectivity index (χ4v) is 4.29. The molecule has 2 aliphatic rings. The molecule has 2 unspecified atom stereocenters. The van der Waals surface area contributed by atoms with Crippen molar-refractivity contribution in [2.24, 2.45) is 5.92 Å². The Hall–Kier alpha value is -2.57. The first-order valence-corrected chi connectivity index (χ1v) is 10.8. The number of nitrogens with zero attached hydrogens (tertiary/aromatic N) is 2. The molecule has 0 spiro atoms. The highest BCUT2D eigenvalue weighted by atomic mass is 35.5. The third-order valence-corrected chi connectivity index (χ3v) is 6.25. The number of para-hydroxylation sites is 1. The Morgan fingerprint density at radius 3 is 2.37 bits per heavy atom. The summed E-state index contributed by atoms with van der Waals surface area (Å²) < 4.78 is 0. The van der Waals surface area contributed by atoms with E-state index in [2.05, 4.69) is 44.9 Å². The summed E-state index contributed by atoms with van der Waals surface area (Å²) in [6.07, 6.45) is 1.13. The summed E-state index contributed by atoms with van der Waals surface area (Å²) in [5, 5.41) is 0.689. The number of hydrazine groups is 1. The van der Waals surface area contributed by atoms with Gasteiger partial charge in [-0.05, 0) is 36.1 Å². The maximum Gasteiger partial charge on any atom is 0.242 e. The average molecular weight is 427 g/mol. The van der Waals surface area contributed by atoms with Crippen LogP contribution in [0.15, 0.2) is 54.6 Å². The minimum atomic E-state index is -0.163. The Morgan fingerprint density at radius 2 is 1.63 bits per heavy atom. The van der Waals surface area contributed by atoms with Crippen LogP contribution in [-0.2, 0) is 9.59 Å². The first kappa shape index (κ1) is 20.7. The van der Waals surface area contributed by atoms with Gasteiger partial charge in [-0.25, -0.2) is 0 Å². The van der Waals surface area contributed by atoms with Crippen LogP contribution in [0.25, 0.3) is 0 Å². The lowest BCUT2D eigenvalue weighted by atomic mass is 10.1. The number of piperazine rings is 1. The lowest BCUT2D eigenvalue weighted by Crippen LogP contribution is -2.48. The number of nitrogens with one attached hydrogen (secondary N) is 2. The first-order chi connectivity index (χ1) is 14.6. The van der Waals surface area contributed by atoms with Crippen LogP contribution in [0.5, 0.6) is 0 Å². The lowest BCUT2D eigenvalue weighted by molar-refractivity contribution is -0.129. The summed E-state index contributed by atoms with van der Waals surface area (Å²) in [6, 6.07) is 18.0. The van der Waals surface area contributed by atoms with Gasteiger partial charge in [-0.15, -0.1) is 0 Å². The van der Waals surface area contributed by atoms with Crippen LogP contribution in [0.1, 0.15) is 24.3 Å². The summed E-state index contributed by atoms with van der Waals surface area (Å²) in [7, 11) is 0. The van der Waals surface area contributed by atoms with Crippen molar-refractivity contribution in [3.8, 4) is 0 Å². The maximum absolute atomic E-state index is 12.3. The topological polar surface area (TPSA) is 64.7 Å². The SMILES string of the molecule is O=C(CCN1CCN(c2ccccc2)CC1)NNC(=O)C1CC1c1ccccc1Cl. The molecule has 1 aliphatic carbocycles. The van der Waals surface area contributed by atoms with Gasteiger partial charge in [0.15, 0.2) is 0 Å². The number of benzene rings is 2. The number of carbonyl (C=O) groups is 2. The second-order valence-corrected chi connectivity index (χ2v) is 8.33. The highest BCUT2D eigenvalue weighted by molar-refractivity contribution is 6.31. The molecular formula is C23H27ClN4O2. The highest BCUT2D eigenvalue weighted by Gasteiger charge is 2.44. The van der Waals surface area contributed by atoms with Gasteiger partial charge in [0, 0.05) is 55.8 Å². The van der Waals surface area contributed by atoms with E-state index in [1.807, 2.05) is 30.3 Å². The van der Waals surface area contributed by atoms with Crippen molar-refractivity contribution >= 4 is 29.1 Å². The molecule has 158 valence electrons. The molecular weight excluding hydrogens is 400 g/mol. The molecule has 0 radical (unpaired) electrons. The van der Waals surface area contributed by atoms with Crippen LogP contribution in [0, 0.1) is 5.92 Å². The van der Waals surface area contributed by atoms with E-state index < -0.39 is 0 Å². The molecule has 2 aromatic carbocycles. The van der Waals surface area contributed by atoms with Crippen LogP contribution >= 0.6 is 11.6 Å². The van der Waals surface area contributed by atoms with Crippen molar-refractivity contribution in [2.75, 3.05) is 37.6 Å². The summed E-state index contributed by atoms with van der Waals surface area (Å²) in [5.41, 5.74) is 7.37. The molecule has 0 bridgehead atoms. The van der Waals surface area contributed by atoms with E-state index in [0.717, 1.165) is 38.2 Å². The monoisotopic (exact) mass is 426 g/mol. The molecule has 2 amide bonds. The van der Waals surface area contributed by atoms with Crippen molar-refractivity contribution in [3.63, 3.8) is 0 Å². The Kier molecular flexibility index (Phi) is 6.55. The maximum atomic E-state index is 12.3. The minimum absolute atomic E-state index is 0.128. The Morgan fingerprint density at radius 1 is 0.933 bits per heavy atom. The van der Waals surface area contributed by atoms with Crippen molar-refractivity contribution in [1.82, 2.24) is 15.8 Å². The smallest absolute Gasteiger partial charge is 0.242 e. The molecule has 1 heterocycles. The Labute approximate surface area is 182 Å². The Balaban J connectivity index is 1.13. The number of amides is 2. The molecule has 30 heavy (non-hydrogen) atoms. The van der Waals surface area contributed by atoms with E-state index in [4.69, 9.17) is 11.6 Å². The highest BCUT2D eigenvalue weighted by Crippen LogP contribution is 2.49. The molecule has 2 N–H and O–H groups in total. The molecule has 2 atom stereocenters. The predicted molar refractivity (Wildman–Crippen MR) is 118 cm³/mol. The van der Waals surface area contributed by atoms with Gasteiger partial charge >= 0.3 is 0 Å². The molecule has 1 aliphatic heterocycles. The van der Waals surface area contributed by atoms with Gasteiger partial charge in [0.2, 0.25) is 11.8 Å². The zero-order valence-corrected chi connectivity index (χ0v) is 17.6. The summed E-state index contributed by atoms with van der Waals surface area (Å²) in [6.45, 7) is 4.45. The van der Waals surface area contributed by atoms with Crippen LogP contribution < -0.4 is 15.8 Å². The number of anilines is 1. The first-order valence-electron chi connectivity index (χ1n) is 10.5. The zero-order chi connectivity index (χ0) is 20.9. The molecule has 1 saturated carbocycles. The molecule has 4 rings (SSSR count). The van der Waals surface area contributed by atoms with Gasteiger partial charge in [-0.1, -0.05) is 48.0 Å². The molecule has 2 fully saturated rings. The van der Waals surface area contributed by atoms with Gasteiger partial charge in [-0.3, -0.25) is 25.3 Å². The molecule has 7 heteroatoms. The summed E-state index contributed by atoms with van der Waals surface area (Å²) in [4.78, 5) is 29.1. The third kappa shape index (κ3) is 5.12. The number of carbonyl (C=O) groups excluding carboxylic acids is 2. The van der Waals surface area contributed by atoms with Gasteiger partial charge in [0.05, 0.1) is 0 Å². The molecule has 2 aromatic rings. The average Bonchev–Trinajstić information content (AvgIpc) is 3.58. The van der Waals surface area contributed by atoms with E-state index in [-0.39, 0.29) is 23.7 Å². The quantitative estimate of drug-likeness (QED) is 0.697. The summed E-state index contributed by atoms with van der Waals surface area (Å²) in [5.74, 6) is -0.304. The zero-order valence-electron chi connectivity index (χ0n) is 16.9. The van der Waals surface area contributed by atoms with E-state index in [9.17, 15) is 9.59 Å². The second-order valence-electron chi connectivity index (χ2n) is 7.92. The fraction of sp³-hybridized carbons (Fsp3) is 0.391. The van der Waals surface area contributed by atoms with Gasteiger partial charge in [-0.2, -0.15) is 0 Å². The normalized spacial score (nSPS) is 21.2. The van der Waals surface area contributed by atoms with Crippen molar-refractivity contribution in [3.05, 3.63) is 65.2 Å². The van der Waals surface area contributed by atoms with E-state index in [1.54, 1.807) is 0 Å². The van der Waals surface area contributed by atoms with E-state index in [0.29, 0.717) is 18.0 Å². The van der Waals surface area contributed by atoms with E-state index in [1.165, 1.54) is 5.69 Å². The summed E-state index contributed by atoms with van der Waals surface area (Å²) >= 11 is 6.21. The third-order valence-electron chi connectivity index (χ3n) is 5.91. The molecule has 1 saturated heterocycles. The van der Waals surface area contributed by atoms with Crippen molar-refractivity contribution in [2.45, 2.75) is 18.8 Å². The largest absolute Gasteiger partial charge is 0.369 e. The standard InChI is InChI=1S/C23H27ClN4O2/c24-21-9-5-4-8-18(21)19-16-20(19)23(30)26-25-22(29)10-11-27-12-14-28(15-13-27)17-6-2-1-3-7-17/h1-9,19-20H,10-16H2,(H,25,29)(H,26,30). The Bertz CT molecular complexity index is 884. The number of rotatable bonds is 6. The van der Waals surface area contributed by atoms with Crippen molar-refractivity contribution in [1.29, 1.82) is 0 Å². The molecule has 0 aromatic heterocycles. The van der Waals surface area contributed by atoms with Crippen LogP contribution in [0.3, 0.4) is 0 Å². The van der Waals surface area contributed by atoms with Gasteiger partial charge in [0.25, 0.3) is 0 Å². The van der Waals surface area contributed by atoms with Crippen LogP contribution in [0.2, 0.25) is 5.02 Å². The number of halogens is 1. The van der Waals surface area contributed by atoms with E-state index >= 15 is 0 Å². The fourth-order valence-electron chi connectivity index (χ4n) is 4.02. The minimum Gasteiger partial charge on any atom is -0.369 e. The van der Waals surface area contributed by atoms with Gasteiger partial charge < -0.3 is 4.90 Å². The van der Waals surface area contributed by atoms with Gasteiger partial charge in [0.1, 0.15) is 0 Å². The number of hydrogen-bond donors (Lipinski definition) is 2. The number of hydrogen-bond acceptors (Lipinski definition) is 4. The van der Waals surface area contributed by atoms with Crippen LogP contribution in [-0.4, -0.2) is 49.4 Å². The molecule has 6 nitrogen and oxygen atoms in total. The second kappa shape index (κ2) is 9.49.